The SMILES string of the molecule is O=C1C(=NNc2nncs2)c2ccccc2N1Cc1ccc(Cl)cc1. The van der Waals surface area contributed by atoms with Gasteiger partial charge in [-0.15, -0.1) is 10.2 Å². The highest BCUT2D eigenvalue weighted by molar-refractivity contribution is 7.13. The zero-order valence-electron chi connectivity index (χ0n) is 12.9. The predicted molar refractivity (Wildman–Crippen MR) is 99.2 cm³/mol. The lowest BCUT2D eigenvalue weighted by Crippen LogP contribution is -2.30. The fraction of sp³-hybridized carbons (Fsp3) is 0.0588. The van der Waals surface area contributed by atoms with Gasteiger partial charge in [0.15, 0.2) is 5.71 Å². The fourth-order valence-corrected chi connectivity index (χ4v) is 3.14. The molecule has 6 nitrogen and oxygen atoms in total. The van der Waals surface area contributed by atoms with E-state index in [0.29, 0.717) is 22.4 Å². The van der Waals surface area contributed by atoms with Gasteiger partial charge in [-0.1, -0.05) is 53.3 Å². The monoisotopic (exact) mass is 369 g/mol. The number of nitrogens with one attached hydrogen (secondary N) is 1. The maximum atomic E-state index is 12.9. The molecule has 0 spiro atoms. The Morgan fingerprint density at radius 1 is 1.16 bits per heavy atom. The molecular weight excluding hydrogens is 358 g/mol. The zero-order valence-corrected chi connectivity index (χ0v) is 14.5. The van der Waals surface area contributed by atoms with Crippen molar-refractivity contribution < 1.29 is 4.79 Å². The van der Waals surface area contributed by atoms with Gasteiger partial charge in [-0.05, 0) is 23.8 Å². The standard InChI is InChI=1S/C17H12ClN5OS/c18-12-7-5-11(6-8-12)9-23-14-4-2-1-3-13(14)15(16(23)24)20-22-17-21-19-10-25-17/h1-8,10H,9H2,(H,21,22). The van der Waals surface area contributed by atoms with Gasteiger partial charge in [0.05, 0.1) is 12.2 Å². The van der Waals surface area contributed by atoms with Crippen LogP contribution in [0.5, 0.6) is 0 Å². The van der Waals surface area contributed by atoms with Gasteiger partial charge in [0.2, 0.25) is 5.13 Å². The van der Waals surface area contributed by atoms with Crippen molar-refractivity contribution in [3.05, 3.63) is 70.2 Å². The molecule has 3 aromatic rings. The number of hydrogen-bond acceptors (Lipinski definition) is 6. The molecule has 1 aliphatic rings. The molecule has 2 heterocycles. The number of para-hydroxylation sites is 1. The predicted octanol–water partition coefficient (Wildman–Crippen LogP) is 3.55. The van der Waals surface area contributed by atoms with Crippen LogP contribution in [-0.2, 0) is 11.3 Å². The van der Waals surface area contributed by atoms with Gasteiger partial charge in [-0.2, -0.15) is 5.10 Å². The van der Waals surface area contributed by atoms with Crippen molar-refractivity contribution in [2.24, 2.45) is 5.10 Å². The molecule has 0 fully saturated rings. The second-order valence-corrected chi connectivity index (χ2v) is 6.62. The maximum Gasteiger partial charge on any atom is 0.279 e. The van der Waals surface area contributed by atoms with Gasteiger partial charge in [-0.25, -0.2) is 0 Å². The average Bonchev–Trinajstić information content (AvgIpc) is 3.23. The average molecular weight is 370 g/mol. The molecule has 0 unspecified atom stereocenters. The van der Waals surface area contributed by atoms with Gasteiger partial charge < -0.3 is 4.90 Å². The largest absolute Gasteiger partial charge is 0.302 e. The van der Waals surface area contributed by atoms with Gasteiger partial charge in [0.1, 0.15) is 5.51 Å². The van der Waals surface area contributed by atoms with Crippen LogP contribution in [0.1, 0.15) is 11.1 Å². The highest BCUT2D eigenvalue weighted by Crippen LogP contribution is 2.31. The normalized spacial score (nSPS) is 14.8. The number of carbonyl (C=O) groups is 1. The molecule has 0 saturated carbocycles. The molecule has 0 aliphatic carbocycles. The molecule has 25 heavy (non-hydrogen) atoms. The summed E-state index contributed by atoms with van der Waals surface area (Å²) in [6.45, 7) is 0.449. The van der Waals surface area contributed by atoms with Gasteiger partial charge in [0.25, 0.3) is 5.91 Å². The second-order valence-electron chi connectivity index (χ2n) is 5.35. The Hall–Kier alpha value is -2.77. The van der Waals surface area contributed by atoms with E-state index in [1.165, 1.54) is 11.3 Å². The van der Waals surface area contributed by atoms with E-state index in [-0.39, 0.29) is 5.91 Å². The third-order valence-electron chi connectivity index (χ3n) is 3.78. The van der Waals surface area contributed by atoms with Gasteiger partial charge in [0, 0.05) is 10.6 Å². The van der Waals surface area contributed by atoms with Crippen LogP contribution in [0.25, 0.3) is 0 Å². The summed E-state index contributed by atoms with van der Waals surface area (Å²) in [5, 5.41) is 13.1. The number of halogens is 1. The van der Waals surface area contributed by atoms with E-state index in [9.17, 15) is 4.79 Å². The number of aromatic nitrogens is 2. The Morgan fingerprint density at radius 3 is 2.72 bits per heavy atom. The number of rotatable bonds is 4. The fourth-order valence-electron chi connectivity index (χ4n) is 2.62. The lowest BCUT2D eigenvalue weighted by atomic mass is 10.1. The topological polar surface area (TPSA) is 70.5 Å². The van der Waals surface area contributed by atoms with Crippen LogP contribution in [0.15, 0.2) is 59.1 Å². The molecule has 0 bridgehead atoms. The quantitative estimate of drug-likeness (QED) is 0.714. The first-order chi connectivity index (χ1) is 12.2. The van der Waals surface area contributed by atoms with Crippen LogP contribution in [0.4, 0.5) is 10.8 Å². The van der Waals surface area contributed by atoms with E-state index in [1.54, 1.807) is 10.4 Å². The Balaban J connectivity index is 1.66. The molecule has 0 atom stereocenters. The van der Waals surface area contributed by atoms with Crippen LogP contribution in [-0.4, -0.2) is 21.8 Å². The summed E-state index contributed by atoms with van der Waals surface area (Å²) in [6, 6.07) is 15.0. The number of fused-ring (bicyclic) bond motifs is 1. The molecule has 1 N–H and O–H groups in total. The number of amides is 1. The van der Waals surface area contributed by atoms with Crippen molar-refractivity contribution in [2.45, 2.75) is 6.54 Å². The molecule has 1 amide bonds. The van der Waals surface area contributed by atoms with Crippen molar-refractivity contribution in [2.75, 3.05) is 10.3 Å². The minimum Gasteiger partial charge on any atom is -0.302 e. The number of nitrogens with zero attached hydrogens (tertiary/aromatic N) is 4. The summed E-state index contributed by atoms with van der Waals surface area (Å²) in [5.74, 6) is -0.159. The summed E-state index contributed by atoms with van der Waals surface area (Å²) in [7, 11) is 0. The molecule has 1 aromatic heterocycles. The minimum absolute atomic E-state index is 0.159. The van der Waals surface area contributed by atoms with E-state index < -0.39 is 0 Å². The number of anilines is 2. The summed E-state index contributed by atoms with van der Waals surface area (Å²) < 4.78 is 0. The van der Waals surface area contributed by atoms with Crippen molar-refractivity contribution in [3.8, 4) is 0 Å². The van der Waals surface area contributed by atoms with Gasteiger partial charge >= 0.3 is 0 Å². The highest BCUT2D eigenvalue weighted by Gasteiger charge is 2.33. The van der Waals surface area contributed by atoms with E-state index >= 15 is 0 Å². The Bertz CT molecular complexity index is 940. The Morgan fingerprint density at radius 2 is 1.96 bits per heavy atom. The third kappa shape index (κ3) is 3.11. The second kappa shape index (κ2) is 6.62. The smallest absolute Gasteiger partial charge is 0.279 e. The molecule has 4 rings (SSSR count). The van der Waals surface area contributed by atoms with Crippen LogP contribution in [0, 0.1) is 0 Å². The summed E-state index contributed by atoms with van der Waals surface area (Å²) in [4.78, 5) is 14.6. The number of hydrazone groups is 1. The van der Waals surface area contributed by atoms with Crippen LogP contribution < -0.4 is 10.3 Å². The lowest BCUT2D eigenvalue weighted by molar-refractivity contribution is -0.112. The number of hydrogen-bond donors (Lipinski definition) is 1. The first-order valence-corrected chi connectivity index (χ1v) is 8.74. The molecule has 0 radical (unpaired) electrons. The Kier molecular flexibility index (Phi) is 4.17. The lowest BCUT2D eigenvalue weighted by Gasteiger charge is -2.16. The molecule has 0 saturated heterocycles. The van der Waals surface area contributed by atoms with E-state index in [2.05, 4.69) is 20.7 Å². The van der Waals surface area contributed by atoms with Crippen LogP contribution in [0.3, 0.4) is 0 Å². The molecule has 1 aliphatic heterocycles. The molecular formula is C17H12ClN5OS. The minimum atomic E-state index is -0.159. The third-order valence-corrected chi connectivity index (χ3v) is 4.62. The van der Waals surface area contributed by atoms with Crippen molar-refractivity contribution in [1.82, 2.24) is 10.2 Å². The summed E-state index contributed by atoms with van der Waals surface area (Å²) in [5.41, 5.74) is 7.37. The Labute approximate surface area is 152 Å². The molecule has 124 valence electrons. The van der Waals surface area contributed by atoms with Crippen molar-refractivity contribution in [3.63, 3.8) is 0 Å². The first-order valence-electron chi connectivity index (χ1n) is 7.48. The van der Waals surface area contributed by atoms with E-state index in [1.807, 2.05) is 48.5 Å². The van der Waals surface area contributed by atoms with Crippen molar-refractivity contribution >= 4 is 45.4 Å². The van der Waals surface area contributed by atoms with Crippen LogP contribution in [0.2, 0.25) is 5.02 Å². The highest BCUT2D eigenvalue weighted by atomic mass is 35.5. The number of benzene rings is 2. The molecule has 2 aromatic carbocycles. The maximum absolute atomic E-state index is 12.9. The number of carbonyl (C=O) groups excluding carboxylic acids is 1. The first kappa shape index (κ1) is 15.7. The van der Waals surface area contributed by atoms with E-state index in [0.717, 1.165) is 16.8 Å². The van der Waals surface area contributed by atoms with Crippen LogP contribution >= 0.6 is 22.9 Å². The molecule has 8 heteroatoms. The summed E-state index contributed by atoms with van der Waals surface area (Å²) in [6.07, 6.45) is 0. The summed E-state index contributed by atoms with van der Waals surface area (Å²) >= 11 is 7.25. The zero-order chi connectivity index (χ0) is 17.2. The van der Waals surface area contributed by atoms with E-state index in [4.69, 9.17) is 11.6 Å². The van der Waals surface area contributed by atoms with Gasteiger partial charge in [-0.3, -0.25) is 10.2 Å². The van der Waals surface area contributed by atoms with Crippen molar-refractivity contribution in [1.29, 1.82) is 0 Å².